The Balaban J connectivity index is 3.38. The second kappa shape index (κ2) is 3.25. The molecule has 2 N–H and O–H groups in total. The molecular formula is C6H5Cl2N3O. The number of primary amides is 1. The Morgan fingerprint density at radius 3 is 2.42 bits per heavy atom. The minimum atomic E-state index is -0.658. The van der Waals surface area contributed by atoms with E-state index in [0.717, 1.165) is 0 Å². The van der Waals surface area contributed by atoms with Crippen molar-refractivity contribution in [2.24, 2.45) is 5.73 Å². The number of carbonyl (C=O) groups is 1. The number of nitrogens with zero attached hydrogens (tertiary/aromatic N) is 2. The van der Waals surface area contributed by atoms with Gasteiger partial charge in [0.25, 0.3) is 5.91 Å². The van der Waals surface area contributed by atoms with Crippen LogP contribution in [0, 0.1) is 6.92 Å². The molecule has 1 aromatic rings. The van der Waals surface area contributed by atoms with Crippen molar-refractivity contribution < 1.29 is 4.79 Å². The van der Waals surface area contributed by atoms with Gasteiger partial charge < -0.3 is 5.73 Å². The zero-order valence-corrected chi connectivity index (χ0v) is 7.65. The lowest BCUT2D eigenvalue weighted by molar-refractivity contribution is 0.0999. The molecule has 0 aliphatic heterocycles. The summed E-state index contributed by atoms with van der Waals surface area (Å²) >= 11 is 11.1. The van der Waals surface area contributed by atoms with Gasteiger partial charge in [-0.3, -0.25) is 4.79 Å². The fourth-order valence-electron chi connectivity index (χ4n) is 0.785. The van der Waals surface area contributed by atoms with Crippen molar-refractivity contribution >= 4 is 29.1 Å². The van der Waals surface area contributed by atoms with Crippen LogP contribution in [0.25, 0.3) is 0 Å². The molecule has 1 aromatic heterocycles. The normalized spacial score (nSPS) is 9.92. The lowest BCUT2D eigenvalue weighted by Crippen LogP contribution is -2.15. The van der Waals surface area contributed by atoms with Crippen molar-refractivity contribution in [2.45, 2.75) is 6.92 Å². The fraction of sp³-hybridized carbons (Fsp3) is 0.167. The van der Waals surface area contributed by atoms with Gasteiger partial charge >= 0.3 is 0 Å². The zero-order valence-electron chi connectivity index (χ0n) is 6.14. The molecule has 0 fully saturated rings. The quantitative estimate of drug-likeness (QED) is 0.554. The van der Waals surface area contributed by atoms with Gasteiger partial charge in [0.2, 0.25) is 5.28 Å². The predicted octanol–water partition coefficient (Wildman–Crippen LogP) is 1.19. The number of hydrogen-bond donors (Lipinski definition) is 1. The molecule has 4 nitrogen and oxygen atoms in total. The molecule has 1 heterocycles. The highest BCUT2D eigenvalue weighted by Gasteiger charge is 2.13. The average molecular weight is 206 g/mol. The summed E-state index contributed by atoms with van der Waals surface area (Å²) in [4.78, 5) is 18.1. The van der Waals surface area contributed by atoms with E-state index >= 15 is 0 Å². The van der Waals surface area contributed by atoms with Crippen LogP contribution in [0.4, 0.5) is 0 Å². The van der Waals surface area contributed by atoms with Crippen molar-refractivity contribution in [2.75, 3.05) is 0 Å². The summed E-state index contributed by atoms with van der Waals surface area (Å²) in [5.74, 6) is -0.658. The van der Waals surface area contributed by atoms with Crippen LogP contribution in [0.2, 0.25) is 10.4 Å². The topological polar surface area (TPSA) is 68.9 Å². The number of carbonyl (C=O) groups excluding carboxylic acids is 1. The summed E-state index contributed by atoms with van der Waals surface area (Å²) in [6.07, 6.45) is 0. The summed E-state index contributed by atoms with van der Waals surface area (Å²) in [6, 6.07) is 0. The third-order valence-electron chi connectivity index (χ3n) is 1.26. The third kappa shape index (κ3) is 1.65. The van der Waals surface area contributed by atoms with E-state index in [1.54, 1.807) is 6.92 Å². The zero-order chi connectivity index (χ0) is 9.30. The Hall–Kier alpha value is -0.870. The van der Waals surface area contributed by atoms with Crippen molar-refractivity contribution in [1.82, 2.24) is 9.97 Å². The molecule has 0 radical (unpaired) electrons. The van der Waals surface area contributed by atoms with Crippen molar-refractivity contribution in [1.29, 1.82) is 0 Å². The minimum absolute atomic E-state index is 0.00231. The second-order valence-electron chi connectivity index (χ2n) is 2.11. The molecule has 0 unspecified atom stereocenters. The molecule has 0 atom stereocenters. The number of halogens is 2. The lowest BCUT2D eigenvalue weighted by Gasteiger charge is -2.01. The Morgan fingerprint density at radius 1 is 1.42 bits per heavy atom. The lowest BCUT2D eigenvalue weighted by atomic mass is 10.2. The van der Waals surface area contributed by atoms with Crippen molar-refractivity contribution in [3.05, 3.63) is 21.7 Å². The van der Waals surface area contributed by atoms with E-state index in [1.165, 1.54) is 0 Å². The largest absolute Gasteiger partial charge is 0.365 e. The van der Waals surface area contributed by atoms with Gasteiger partial charge in [0.1, 0.15) is 5.15 Å². The molecule has 12 heavy (non-hydrogen) atoms. The number of hydrogen-bond acceptors (Lipinski definition) is 3. The third-order valence-corrected chi connectivity index (χ3v) is 1.71. The molecular weight excluding hydrogens is 201 g/mol. The first kappa shape index (κ1) is 9.22. The van der Waals surface area contributed by atoms with Gasteiger partial charge in [-0.1, -0.05) is 11.6 Å². The maximum atomic E-state index is 10.8. The molecule has 0 bridgehead atoms. The fourth-order valence-corrected chi connectivity index (χ4v) is 1.35. The average Bonchev–Trinajstić information content (AvgIpc) is 1.82. The molecule has 0 aliphatic carbocycles. The van der Waals surface area contributed by atoms with Crippen molar-refractivity contribution in [3.63, 3.8) is 0 Å². The monoisotopic (exact) mass is 205 g/mol. The summed E-state index contributed by atoms with van der Waals surface area (Å²) in [7, 11) is 0. The van der Waals surface area contributed by atoms with E-state index in [9.17, 15) is 4.79 Å². The van der Waals surface area contributed by atoms with E-state index in [-0.39, 0.29) is 16.0 Å². The highest BCUT2D eigenvalue weighted by molar-refractivity contribution is 6.34. The Kier molecular flexibility index (Phi) is 2.49. The first-order chi connectivity index (χ1) is 5.52. The van der Waals surface area contributed by atoms with Crippen molar-refractivity contribution in [3.8, 4) is 0 Å². The molecule has 0 aliphatic rings. The minimum Gasteiger partial charge on any atom is -0.365 e. The Morgan fingerprint density at radius 2 is 2.00 bits per heavy atom. The molecule has 0 saturated carbocycles. The van der Waals surface area contributed by atoms with Crippen LogP contribution in [-0.4, -0.2) is 15.9 Å². The molecule has 0 saturated heterocycles. The molecule has 0 aromatic carbocycles. The standard InChI is InChI=1S/C6H5Cl2N3O/c1-2-3(5(9)12)4(7)11-6(8)10-2/h1H3,(H2,9,12). The molecule has 1 amide bonds. The number of aryl methyl sites for hydroxylation is 1. The van der Waals surface area contributed by atoms with Gasteiger partial charge in [0, 0.05) is 0 Å². The van der Waals surface area contributed by atoms with E-state index in [0.29, 0.717) is 5.69 Å². The summed E-state index contributed by atoms with van der Waals surface area (Å²) < 4.78 is 0. The van der Waals surface area contributed by atoms with Gasteiger partial charge in [0.15, 0.2) is 0 Å². The predicted molar refractivity (Wildman–Crippen MR) is 45.3 cm³/mol. The highest BCUT2D eigenvalue weighted by Crippen LogP contribution is 2.17. The molecule has 1 rings (SSSR count). The smallest absolute Gasteiger partial charge is 0.253 e. The van der Waals surface area contributed by atoms with Crippen LogP contribution in [0.1, 0.15) is 16.1 Å². The first-order valence-electron chi connectivity index (χ1n) is 3.02. The van der Waals surface area contributed by atoms with Crippen LogP contribution in [-0.2, 0) is 0 Å². The van der Waals surface area contributed by atoms with E-state index in [1.807, 2.05) is 0 Å². The molecule has 0 spiro atoms. The van der Waals surface area contributed by atoms with Gasteiger partial charge in [-0.25, -0.2) is 9.97 Å². The number of rotatable bonds is 1. The molecule has 64 valence electrons. The van der Waals surface area contributed by atoms with E-state index < -0.39 is 5.91 Å². The molecule has 6 heteroatoms. The number of amides is 1. The number of aromatic nitrogens is 2. The van der Waals surface area contributed by atoms with Gasteiger partial charge in [-0.05, 0) is 18.5 Å². The Bertz CT molecular complexity index is 317. The summed E-state index contributed by atoms with van der Waals surface area (Å²) in [6.45, 7) is 1.58. The van der Waals surface area contributed by atoms with E-state index in [2.05, 4.69) is 9.97 Å². The summed E-state index contributed by atoms with van der Waals surface area (Å²) in [5.41, 5.74) is 5.51. The summed E-state index contributed by atoms with van der Waals surface area (Å²) in [5, 5.41) is -0.0116. The second-order valence-corrected chi connectivity index (χ2v) is 2.80. The maximum Gasteiger partial charge on any atom is 0.253 e. The van der Waals surface area contributed by atoms with Gasteiger partial charge in [-0.15, -0.1) is 0 Å². The SMILES string of the molecule is Cc1nc(Cl)nc(Cl)c1C(N)=O. The highest BCUT2D eigenvalue weighted by atomic mass is 35.5. The van der Waals surface area contributed by atoms with Crippen LogP contribution >= 0.6 is 23.2 Å². The van der Waals surface area contributed by atoms with E-state index in [4.69, 9.17) is 28.9 Å². The maximum absolute atomic E-state index is 10.8. The first-order valence-corrected chi connectivity index (χ1v) is 3.77. The van der Waals surface area contributed by atoms with Gasteiger partial charge in [0.05, 0.1) is 11.3 Å². The van der Waals surface area contributed by atoms with Crippen LogP contribution in [0.3, 0.4) is 0 Å². The van der Waals surface area contributed by atoms with Crippen LogP contribution < -0.4 is 5.73 Å². The van der Waals surface area contributed by atoms with Crippen LogP contribution in [0.5, 0.6) is 0 Å². The number of nitrogens with two attached hydrogens (primary N) is 1. The van der Waals surface area contributed by atoms with Crippen LogP contribution in [0.15, 0.2) is 0 Å². The Labute approximate surface area is 78.7 Å². The van der Waals surface area contributed by atoms with Gasteiger partial charge in [-0.2, -0.15) is 0 Å².